The number of likely N-dealkylation sites (N-methyl/N-ethyl adjacent to an activating group) is 2. The maximum atomic E-state index is 5.63. The zero-order chi connectivity index (χ0) is 13.7. The minimum Gasteiger partial charge on any atom is -0.486 e. The average Bonchev–Trinajstić information content (AvgIpc) is 2.43. The monoisotopic (exact) mass is 264 g/mol. The van der Waals surface area contributed by atoms with Gasteiger partial charge in [-0.3, -0.25) is 4.90 Å². The van der Waals surface area contributed by atoms with Crippen LogP contribution < -0.4 is 9.47 Å². The molecule has 1 aliphatic rings. The molecule has 1 aromatic rings. The van der Waals surface area contributed by atoms with Gasteiger partial charge < -0.3 is 14.4 Å². The van der Waals surface area contributed by atoms with E-state index in [0.29, 0.717) is 13.2 Å². The van der Waals surface area contributed by atoms with Gasteiger partial charge in [-0.15, -0.1) is 0 Å². The summed E-state index contributed by atoms with van der Waals surface area (Å²) in [7, 11) is 4.22. The van der Waals surface area contributed by atoms with Crippen molar-refractivity contribution in [2.24, 2.45) is 0 Å². The summed E-state index contributed by atoms with van der Waals surface area (Å²) in [6.45, 7) is 7.68. The van der Waals surface area contributed by atoms with E-state index in [1.54, 1.807) is 0 Å². The van der Waals surface area contributed by atoms with Crippen LogP contribution in [0.5, 0.6) is 11.5 Å². The summed E-state index contributed by atoms with van der Waals surface area (Å²) in [5.41, 5.74) is 1.28. The summed E-state index contributed by atoms with van der Waals surface area (Å²) in [6, 6.07) is 6.25. The molecule has 0 radical (unpaired) electrons. The molecule has 0 aromatic heterocycles. The molecule has 0 aliphatic carbocycles. The lowest BCUT2D eigenvalue weighted by Gasteiger charge is -2.24. The van der Waals surface area contributed by atoms with Crippen molar-refractivity contribution in [2.75, 3.05) is 46.9 Å². The number of ether oxygens (including phenoxy) is 2. The molecule has 0 spiro atoms. The van der Waals surface area contributed by atoms with Crippen LogP contribution in [0.3, 0.4) is 0 Å². The maximum Gasteiger partial charge on any atom is 0.161 e. The summed E-state index contributed by atoms with van der Waals surface area (Å²) in [4.78, 5) is 4.65. The Hall–Kier alpha value is -1.26. The minimum atomic E-state index is 0.647. The van der Waals surface area contributed by atoms with Crippen LogP contribution in [0, 0.1) is 0 Å². The number of nitrogens with zero attached hydrogens (tertiary/aromatic N) is 2. The lowest BCUT2D eigenvalue weighted by Crippen LogP contribution is -2.31. The highest BCUT2D eigenvalue weighted by Gasteiger charge is 2.12. The number of hydrogen-bond donors (Lipinski definition) is 0. The maximum absolute atomic E-state index is 5.63. The molecule has 0 unspecified atom stereocenters. The van der Waals surface area contributed by atoms with Crippen molar-refractivity contribution < 1.29 is 9.47 Å². The van der Waals surface area contributed by atoms with Crippen molar-refractivity contribution in [3.05, 3.63) is 23.8 Å². The molecule has 0 atom stereocenters. The van der Waals surface area contributed by atoms with Crippen molar-refractivity contribution in [2.45, 2.75) is 13.5 Å². The Morgan fingerprint density at radius 3 is 2.47 bits per heavy atom. The molecule has 0 amide bonds. The molecule has 1 heterocycles. The van der Waals surface area contributed by atoms with Gasteiger partial charge in [0.2, 0.25) is 0 Å². The summed E-state index contributed by atoms with van der Waals surface area (Å²) in [6.07, 6.45) is 0. The van der Waals surface area contributed by atoms with Gasteiger partial charge in [-0.05, 0) is 38.3 Å². The van der Waals surface area contributed by atoms with Gasteiger partial charge in [0.05, 0.1) is 0 Å². The van der Waals surface area contributed by atoms with Gasteiger partial charge in [0.25, 0.3) is 0 Å². The second-order valence-corrected chi connectivity index (χ2v) is 5.15. The smallest absolute Gasteiger partial charge is 0.161 e. The molecule has 1 aliphatic heterocycles. The average molecular weight is 264 g/mol. The van der Waals surface area contributed by atoms with Gasteiger partial charge in [0.15, 0.2) is 11.5 Å². The Kier molecular flexibility index (Phi) is 5.05. The molecule has 4 heteroatoms. The molecule has 0 saturated heterocycles. The highest BCUT2D eigenvalue weighted by molar-refractivity contribution is 5.43. The number of hydrogen-bond acceptors (Lipinski definition) is 4. The van der Waals surface area contributed by atoms with Gasteiger partial charge in [0, 0.05) is 19.6 Å². The number of rotatable bonds is 6. The highest BCUT2D eigenvalue weighted by atomic mass is 16.6. The van der Waals surface area contributed by atoms with E-state index in [4.69, 9.17) is 9.47 Å². The Morgan fingerprint density at radius 1 is 1.05 bits per heavy atom. The first kappa shape index (κ1) is 14.2. The molecular weight excluding hydrogens is 240 g/mol. The topological polar surface area (TPSA) is 24.9 Å². The van der Waals surface area contributed by atoms with Crippen LogP contribution in [0.15, 0.2) is 18.2 Å². The zero-order valence-electron chi connectivity index (χ0n) is 12.2. The quantitative estimate of drug-likeness (QED) is 0.783. The fourth-order valence-corrected chi connectivity index (χ4v) is 2.13. The Balaban J connectivity index is 1.97. The normalized spacial score (nSPS) is 14.2. The molecule has 4 nitrogen and oxygen atoms in total. The van der Waals surface area contributed by atoms with Gasteiger partial charge in [-0.1, -0.05) is 13.0 Å². The fourth-order valence-electron chi connectivity index (χ4n) is 2.13. The molecule has 0 N–H and O–H groups in total. The van der Waals surface area contributed by atoms with Crippen LogP contribution in [-0.2, 0) is 6.54 Å². The van der Waals surface area contributed by atoms with E-state index in [-0.39, 0.29) is 0 Å². The third-order valence-electron chi connectivity index (χ3n) is 3.32. The van der Waals surface area contributed by atoms with Crippen LogP contribution in [0.2, 0.25) is 0 Å². The minimum absolute atomic E-state index is 0.647. The molecule has 0 fully saturated rings. The van der Waals surface area contributed by atoms with Crippen LogP contribution in [0.25, 0.3) is 0 Å². The summed E-state index contributed by atoms with van der Waals surface area (Å²) in [5, 5.41) is 0. The van der Waals surface area contributed by atoms with E-state index in [2.05, 4.69) is 43.0 Å². The zero-order valence-corrected chi connectivity index (χ0v) is 12.2. The predicted octanol–water partition coefficient (Wildman–Crippen LogP) is 1.84. The van der Waals surface area contributed by atoms with E-state index < -0.39 is 0 Å². The van der Waals surface area contributed by atoms with Crippen LogP contribution in [0.1, 0.15) is 12.5 Å². The first-order chi connectivity index (χ1) is 9.19. The van der Waals surface area contributed by atoms with Crippen molar-refractivity contribution in [3.63, 3.8) is 0 Å². The largest absolute Gasteiger partial charge is 0.486 e. The summed E-state index contributed by atoms with van der Waals surface area (Å²) < 4.78 is 11.2. The molecule has 0 saturated carbocycles. The predicted molar refractivity (Wildman–Crippen MR) is 76.9 cm³/mol. The Labute approximate surface area is 115 Å². The number of benzene rings is 1. The highest BCUT2D eigenvalue weighted by Crippen LogP contribution is 2.31. The van der Waals surface area contributed by atoms with Gasteiger partial charge in [-0.25, -0.2) is 0 Å². The van der Waals surface area contributed by atoms with Gasteiger partial charge in [0.1, 0.15) is 13.2 Å². The second-order valence-electron chi connectivity index (χ2n) is 5.15. The molecule has 2 rings (SSSR count). The molecular formula is C15H24N2O2. The van der Waals surface area contributed by atoms with Crippen molar-refractivity contribution >= 4 is 0 Å². The lowest BCUT2D eigenvalue weighted by molar-refractivity contribution is 0.171. The van der Waals surface area contributed by atoms with Crippen LogP contribution in [-0.4, -0.2) is 56.7 Å². The van der Waals surface area contributed by atoms with Gasteiger partial charge in [-0.2, -0.15) is 0 Å². The number of fused-ring (bicyclic) bond motifs is 1. The molecule has 0 bridgehead atoms. The second kappa shape index (κ2) is 6.78. The standard InChI is InChI=1S/C15H24N2O2/c1-4-17(8-7-16(2)3)12-13-5-6-14-15(11-13)19-10-9-18-14/h5-6,11H,4,7-10,12H2,1-3H3. The van der Waals surface area contributed by atoms with Crippen LogP contribution in [0.4, 0.5) is 0 Å². The Morgan fingerprint density at radius 2 is 1.79 bits per heavy atom. The van der Waals surface area contributed by atoms with E-state index >= 15 is 0 Å². The van der Waals surface area contributed by atoms with E-state index in [0.717, 1.165) is 37.7 Å². The van der Waals surface area contributed by atoms with E-state index in [1.807, 2.05) is 6.07 Å². The first-order valence-electron chi connectivity index (χ1n) is 6.94. The van der Waals surface area contributed by atoms with Crippen molar-refractivity contribution in [1.82, 2.24) is 9.80 Å². The van der Waals surface area contributed by atoms with Crippen LogP contribution >= 0.6 is 0 Å². The third kappa shape index (κ3) is 4.11. The van der Waals surface area contributed by atoms with E-state index in [1.165, 1.54) is 5.56 Å². The van der Waals surface area contributed by atoms with Crippen molar-refractivity contribution in [1.29, 1.82) is 0 Å². The Bertz CT molecular complexity index is 407. The molecule has 19 heavy (non-hydrogen) atoms. The third-order valence-corrected chi connectivity index (χ3v) is 3.32. The summed E-state index contributed by atoms with van der Waals surface area (Å²) >= 11 is 0. The molecule has 1 aromatic carbocycles. The lowest BCUT2D eigenvalue weighted by atomic mass is 10.2. The fraction of sp³-hybridized carbons (Fsp3) is 0.600. The SMILES string of the molecule is CCN(CCN(C)C)Cc1ccc2c(c1)OCCO2. The van der Waals surface area contributed by atoms with Gasteiger partial charge >= 0.3 is 0 Å². The first-order valence-corrected chi connectivity index (χ1v) is 6.94. The van der Waals surface area contributed by atoms with E-state index in [9.17, 15) is 0 Å². The molecule has 106 valence electrons. The summed E-state index contributed by atoms with van der Waals surface area (Å²) in [5.74, 6) is 1.75. The van der Waals surface area contributed by atoms with Crippen molar-refractivity contribution in [3.8, 4) is 11.5 Å².